The van der Waals surface area contributed by atoms with E-state index in [0.717, 1.165) is 0 Å². The molecule has 0 aliphatic rings. The van der Waals surface area contributed by atoms with E-state index in [2.05, 4.69) is 20.3 Å². The Hall–Kier alpha value is -4.74. The van der Waals surface area contributed by atoms with E-state index in [1.807, 2.05) is 6.07 Å². The third-order valence-electron chi connectivity index (χ3n) is 5.57. The van der Waals surface area contributed by atoms with Crippen molar-refractivity contribution < 1.29 is 9.72 Å². The maximum atomic E-state index is 13.2. The highest BCUT2D eigenvalue weighted by molar-refractivity contribution is 7.12. The molecule has 0 saturated carbocycles. The van der Waals surface area contributed by atoms with Crippen LogP contribution in [0.3, 0.4) is 0 Å². The van der Waals surface area contributed by atoms with Gasteiger partial charge in [-0.1, -0.05) is 54.1 Å². The number of nitrogens with zero attached hydrogens (tertiary/aromatic N) is 5. The number of azo groups is 1. The maximum absolute atomic E-state index is 13.2. The summed E-state index contributed by atoms with van der Waals surface area (Å²) in [6, 6.07) is 19.5. The fraction of sp³-hybridized carbons (Fsp3) is 0.0385. The van der Waals surface area contributed by atoms with Crippen LogP contribution in [-0.4, -0.2) is 25.5 Å². The lowest BCUT2D eigenvalue weighted by Gasteiger charge is -2.05. The van der Waals surface area contributed by atoms with Crippen molar-refractivity contribution in [1.29, 1.82) is 0 Å². The van der Waals surface area contributed by atoms with Crippen molar-refractivity contribution in [2.45, 2.75) is 6.92 Å². The van der Waals surface area contributed by atoms with Crippen LogP contribution in [0, 0.1) is 17.0 Å². The van der Waals surface area contributed by atoms with Crippen molar-refractivity contribution in [3.63, 3.8) is 0 Å². The van der Waals surface area contributed by atoms with Crippen LogP contribution < -0.4 is 5.56 Å². The second-order valence-corrected chi connectivity index (χ2v) is 9.38. The molecule has 5 aromatic rings. The standard InChI is InChI=1S/C26H17ClN6O4S/c1-15-23(30-29-21-11-10-18(27)13-20(21)24(34)16-6-3-2-4-7-16)25(35)32(31-15)26-28-22(14-38-26)17-8-5-9-19(12-17)33(36)37/h2-14,31H,1H3. The Kier molecular flexibility index (Phi) is 6.77. The van der Waals surface area contributed by atoms with Gasteiger partial charge in [0.2, 0.25) is 5.13 Å². The smallest absolute Gasteiger partial charge is 0.291 e. The molecule has 2 aromatic heterocycles. The predicted molar refractivity (Wildman–Crippen MR) is 144 cm³/mol. The number of benzene rings is 3. The molecule has 188 valence electrons. The highest BCUT2D eigenvalue weighted by Gasteiger charge is 2.18. The molecule has 0 unspecified atom stereocenters. The van der Waals surface area contributed by atoms with Crippen molar-refractivity contribution in [2.24, 2.45) is 10.2 Å². The molecule has 0 spiro atoms. The Bertz CT molecular complexity index is 1770. The number of carbonyl (C=O) groups is 1. The van der Waals surface area contributed by atoms with Crippen LogP contribution in [0.25, 0.3) is 16.4 Å². The summed E-state index contributed by atoms with van der Waals surface area (Å²) in [7, 11) is 0. The van der Waals surface area contributed by atoms with Crippen LogP contribution in [0.4, 0.5) is 17.1 Å². The van der Waals surface area contributed by atoms with E-state index in [1.54, 1.807) is 60.8 Å². The molecule has 3 aromatic carbocycles. The summed E-state index contributed by atoms with van der Waals surface area (Å²) in [5, 5.41) is 24.8. The number of hydrogen-bond donors (Lipinski definition) is 1. The Balaban J connectivity index is 1.47. The van der Waals surface area contributed by atoms with Gasteiger partial charge in [-0.3, -0.25) is 24.8 Å². The second kappa shape index (κ2) is 10.3. The minimum Gasteiger partial charge on any atom is -0.291 e. The number of nitro groups is 1. The fourth-order valence-electron chi connectivity index (χ4n) is 3.69. The van der Waals surface area contributed by atoms with Crippen molar-refractivity contribution in [3.8, 4) is 16.4 Å². The first-order valence-electron chi connectivity index (χ1n) is 11.1. The minimum absolute atomic E-state index is 0.0464. The Morgan fingerprint density at radius 2 is 1.87 bits per heavy atom. The van der Waals surface area contributed by atoms with E-state index in [0.29, 0.717) is 32.7 Å². The number of aromatic nitrogens is 3. The molecule has 0 radical (unpaired) electrons. The van der Waals surface area contributed by atoms with Crippen LogP contribution in [-0.2, 0) is 0 Å². The van der Waals surface area contributed by atoms with E-state index in [1.165, 1.54) is 34.2 Å². The van der Waals surface area contributed by atoms with Crippen LogP contribution in [0.2, 0.25) is 5.02 Å². The normalized spacial score (nSPS) is 11.2. The lowest BCUT2D eigenvalue weighted by atomic mass is 10.0. The highest BCUT2D eigenvalue weighted by Crippen LogP contribution is 2.29. The number of aryl methyl sites for hydroxylation is 1. The molecule has 0 fully saturated rings. The van der Waals surface area contributed by atoms with Gasteiger partial charge in [0.05, 0.1) is 27.6 Å². The average Bonchev–Trinajstić information content (AvgIpc) is 3.52. The lowest BCUT2D eigenvalue weighted by Crippen LogP contribution is -2.13. The molecular weight excluding hydrogens is 528 g/mol. The molecule has 5 rings (SSSR count). The summed E-state index contributed by atoms with van der Waals surface area (Å²) < 4.78 is 1.23. The number of nitrogens with one attached hydrogen (secondary N) is 1. The molecule has 12 heteroatoms. The monoisotopic (exact) mass is 544 g/mol. The van der Waals surface area contributed by atoms with E-state index in [9.17, 15) is 19.7 Å². The molecule has 0 amide bonds. The molecule has 0 atom stereocenters. The lowest BCUT2D eigenvalue weighted by molar-refractivity contribution is -0.384. The largest absolute Gasteiger partial charge is 0.301 e. The minimum atomic E-state index is -0.490. The summed E-state index contributed by atoms with van der Waals surface area (Å²) in [6.45, 7) is 1.67. The summed E-state index contributed by atoms with van der Waals surface area (Å²) in [4.78, 5) is 41.3. The quantitative estimate of drug-likeness (QED) is 0.104. The number of carbonyl (C=O) groups excluding carboxylic acids is 1. The van der Waals surface area contributed by atoms with Crippen molar-refractivity contribution >= 4 is 45.8 Å². The predicted octanol–water partition coefficient (Wildman–Crippen LogP) is 6.81. The zero-order valence-corrected chi connectivity index (χ0v) is 21.2. The van der Waals surface area contributed by atoms with E-state index in [4.69, 9.17) is 11.6 Å². The number of ketones is 1. The molecule has 0 bridgehead atoms. The number of halogens is 1. The third-order valence-corrected chi connectivity index (χ3v) is 6.63. The first-order chi connectivity index (χ1) is 18.3. The molecule has 2 heterocycles. The molecule has 38 heavy (non-hydrogen) atoms. The van der Waals surface area contributed by atoms with Gasteiger partial charge in [-0.2, -0.15) is 4.68 Å². The topological polar surface area (TPSA) is 136 Å². The van der Waals surface area contributed by atoms with Gasteiger partial charge in [0.25, 0.3) is 5.69 Å². The number of nitro benzene ring substituents is 1. The third kappa shape index (κ3) is 4.92. The Morgan fingerprint density at radius 3 is 2.63 bits per heavy atom. The van der Waals surface area contributed by atoms with Gasteiger partial charge >= 0.3 is 5.56 Å². The summed E-state index contributed by atoms with van der Waals surface area (Å²) >= 11 is 7.32. The van der Waals surface area contributed by atoms with Crippen LogP contribution in [0.15, 0.2) is 93.2 Å². The first-order valence-corrected chi connectivity index (χ1v) is 12.4. The number of non-ortho nitro benzene ring substituents is 1. The zero-order chi connectivity index (χ0) is 26.8. The molecular formula is C26H17ClN6O4S. The van der Waals surface area contributed by atoms with Gasteiger partial charge in [-0.25, -0.2) is 4.98 Å². The number of rotatable bonds is 7. The SMILES string of the molecule is Cc1[nH]n(-c2nc(-c3cccc([N+](=O)[O-])c3)cs2)c(=O)c1N=Nc1ccc(Cl)cc1C(=O)c1ccccc1. The Labute approximate surface area is 224 Å². The van der Waals surface area contributed by atoms with E-state index in [-0.39, 0.29) is 28.4 Å². The van der Waals surface area contributed by atoms with Gasteiger partial charge in [-0.05, 0) is 25.1 Å². The number of hydrogen-bond acceptors (Lipinski definition) is 8. The van der Waals surface area contributed by atoms with Crippen molar-refractivity contribution in [1.82, 2.24) is 14.8 Å². The van der Waals surface area contributed by atoms with Crippen LogP contribution in [0.5, 0.6) is 0 Å². The van der Waals surface area contributed by atoms with Gasteiger partial charge < -0.3 is 0 Å². The highest BCUT2D eigenvalue weighted by atomic mass is 35.5. The van der Waals surface area contributed by atoms with Crippen molar-refractivity contribution in [2.75, 3.05) is 0 Å². The Morgan fingerprint density at radius 1 is 1.08 bits per heavy atom. The molecule has 0 saturated heterocycles. The molecule has 0 aliphatic heterocycles. The zero-order valence-electron chi connectivity index (χ0n) is 19.7. The first kappa shape index (κ1) is 24.9. The fourth-order valence-corrected chi connectivity index (χ4v) is 4.66. The van der Waals surface area contributed by atoms with Crippen LogP contribution in [0.1, 0.15) is 21.6 Å². The number of thiazole rings is 1. The average molecular weight is 545 g/mol. The number of H-pyrrole nitrogens is 1. The van der Waals surface area contributed by atoms with Gasteiger partial charge in [0.1, 0.15) is 0 Å². The van der Waals surface area contributed by atoms with Gasteiger partial charge in [0.15, 0.2) is 11.5 Å². The maximum Gasteiger partial charge on any atom is 0.301 e. The van der Waals surface area contributed by atoms with Gasteiger partial charge in [0, 0.05) is 33.7 Å². The van der Waals surface area contributed by atoms with Gasteiger partial charge in [-0.15, -0.1) is 21.6 Å². The molecule has 0 aliphatic carbocycles. The van der Waals surface area contributed by atoms with Crippen molar-refractivity contribution in [3.05, 3.63) is 120 Å². The second-order valence-electron chi connectivity index (χ2n) is 8.11. The number of aromatic amines is 1. The molecule has 1 N–H and O–H groups in total. The summed E-state index contributed by atoms with van der Waals surface area (Å²) in [5.74, 6) is -0.276. The molecule has 10 nitrogen and oxygen atoms in total. The summed E-state index contributed by atoms with van der Waals surface area (Å²) in [5.41, 5.74) is 1.96. The summed E-state index contributed by atoms with van der Waals surface area (Å²) in [6.07, 6.45) is 0. The van der Waals surface area contributed by atoms with Crippen LogP contribution >= 0.6 is 22.9 Å². The van der Waals surface area contributed by atoms with E-state index < -0.39 is 10.5 Å². The van der Waals surface area contributed by atoms with E-state index >= 15 is 0 Å².